The van der Waals surface area contributed by atoms with Crippen molar-refractivity contribution in [2.45, 2.75) is 38.9 Å². The van der Waals surface area contributed by atoms with Crippen molar-refractivity contribution in [2.75, 3.05) is 0 Å². The van der Waals surface area contributed by atoms with Crippen LogP contribution in [0.2, 0.25) is 0 Å². The third-order valence-electron chi connectivity index (χ3n) is 1.32. The number of hydrogen-bond donors (Lipinski definition) is 2. The maximum Gasteiger partial charge on any atom is 1.00 e. The summed E-state index contributed by atoms with van der Waals surface area (Å²) in [5.74, 6) is -2.80. The first-order chi connectivity index (χ1) is 6.36. The molecule has 0 radical (unpaired) electrons. The van der Waals surface area contributed by atoms with Gasteiger partial charge in [0.1, 0.15) is 0 Å². The third-order valence-corrected chi connectivity index (χ3v) is 1.32. The molecule has 0 aromatic heterocycles. The molecule has 2 atom stereocenters. The Bertz CT molecular complexity index is 169. The number of carbonyl (C=O) groups excluding carboxylic acids is 2. The number of aliphatic carboxylic acids is 2. The smallest absolute Gasteiger partial charge is 0.547 e. The van der Waals surface area contributed by atoms with Crippen LogP contribution in [-0.4, -0.2) is 34.4 Å². The van der Waals surface area contributed by atoms with Crippen LogP contribution >= 0.6 is 0 Å². The van der Waals surface area contributed by atoms with E-state index in [4.69, 9.17) is 10.2 Å². The molecular weight excluding hydrogens is 222 g/mol. The van der Waals surface area contributed by atoms with Gasteiger partial charge in [0.05, 0.1) is 24.1 Å². The van der Waals surface area contributed by atoms with E-state index in [9.17, 15) is 19.8 Å². The first-order valence-electron chi connectivity index (χ1n) is 4.14. The first-order valence-corrected chi connectivity index (χ1v) is 4.14. The number of aliphatic hydroxyl groups excluding tert-OH is 2. The first kappa shape index (κ1) is 25.3. The van der Waals surface area contributed by atoms with Gasteiger partial charge in [0, 0.05) is 0 Å². The van der Waals surface area contributed by atoms with Crippen LogP contribution in [0.3, 0.4) is 0 Å². The predicted molar refractivity (Wildman–Crippen MR) is 42.6 cm³/mol. The standard InChI is InChI=1S/2C4H8O3.Li.Na/c2*1-2-3(5)4(6)7;;/h2*3,5H,2H2,1H3,(H,6,7);;/q;;2*+1/p-2. The number of carboxylic acid groups (broad SMARTS) is 2. The van der Waals surface area contributed by atoms with Gasteiger partial charge in [-0.25, -0.2) is 0 Å². The summed E-state index contributed by atoms with van der Waals surface area (Å²) in [6.07, 6.45) is -2.16. The average molecular weight is 236 g/mol. The molecule has 0 aromatic rings. The topological polar surface area (TPSA) is 121 Å². The summed E-state index contributed by atoms with van der Waals surface area (Å²) in [4.78, 5) is 19.1. The minimum atomic E-state index is -1.40. The second-order valence-corrected chi connectivity index (χ2v) is 2.49. The molecule has 0 saturated carbocycles. The Balaban J connectivity index is -0.0000000800. The molecule has 0 saturated heterocycles. The summed E-state index contributed by atoms with van der Waals surface area (Å²) in [5.41, 5.74) is 0. The molecule has 0 bridgehead atoms. The summed E-state index contributed by atoms with van der Waals surface area (Å²) in [7, 11) is 0. The van der Waals surface area contributed by atoms with Crippen molar-refractivity contribution >= 4 is 11.9 Å². The minimum Gasteiger partial charge on any atom is -0.547 e. The molecule has 2 N–H and O–H groups in total. The van der Waals surface area contributed by atoms with Crippen molar-refractivity contribution in [3.63, 3.8) is 0 Å². The zero-order valence-electron chi connectivity index (χ0n) is 10.1. The van der Waals surface area contributed by atoms with Crippen molar-refractivity contribution in [3.8, 4) is 0 Å². The second kappa shape index (κ2) is 15.5. The number of carboxylic acids is 2. The number of carbonyl (C=O) groups is 2. The van der Waals surface area contributed by atoms with E-state index in [1.54, 1.807) is 13.8 Å². The monoisotopic (exact) mass is 236 g/mol. The summed E-state index contributed by atoms with van der Waals surface area (Å²) in [6, 6.07) is 0. The van der Waals surface area contributed by atoms with Gasteiger partial charge in [-0.1, -0.05) is 13.8 Å². The second-order valence-electron chi connectivity index (χ2n) is 2.49. The molecule has 16 heavy (non-hydrogen) atoms. The van der Waals surface area contributed by atoms with E-state index in [0.29, 0.717) is 0 Å². The van der Waals surface area contributed by atoms with Gasteiger partial charge in [-0.3, -0.25) is 0 Å². The average Bonchev–Trinajstić information content (AvgIpc) is 2.15. The molecule has 0 aliphatic heterocycles. The van der Waals surface area contributed by atoms with Gasteiger partial charge in [-0.05, 0) is 12.8 Å². The molecule has 84 valence electrons. The van der Waals surface area contributed by atoms with E-state index in [-0.39, 0.29) is 61.3 Å². The van der Waals surface area contributed by atoms with Gasteiger partial charge in [0.2, 0.25) is 0 Å². The SMILES string of the molecule is CCC(O)C(=O)[O-].CCC(O)C(=O)[O-].[Li+].[Na+]. The van der Waals surface area contributed by atoms with E-state index in [1.165, 1.54) is 0 Å². The van der Waals surface area contributed by atoms with Crippen molar-refractivity contribution in [1.29, 1.82) is 0 Å². The van der Waals surface area contributed by atoms with Crippen LogP contribution in [0.5, 0.6) is 0 Å². The van der Waals surface area contributed by atoms with Crippen LogP contribution in [0, 0.1) is 0 Å². The molecule has 0 fully saturated rings. The molecule has 0 aliphatic rings. The zero-order chi connectivity index (χ0) is 11.7. The molecule has 6 nitrogen and oxygen atoms in total. The van der Waals surface area contributed by atoms with Gasteiger partial charge >= 0.3 is 48.4 Å². The van der Waals surface area contributed by atoms with Crippen LogP contribution in [0.25, 0.3) is 0 Å². The maximum atomic E-state index is 9.57. The largest absolute Gasteiger partial charge is 1.00 e. The van der Waals surface area contributed by atoms with Crippen molar-refractivity contribution < 1.29 is 78.4 Å². The normalized spacial score (nSPS) is 11.8. The predicted octanol–water partition coefficient (Wildman–Crippen LogP) is -8.98. The fourth-order valence-corrected chi connectivity index (χ4v) is 0.333. The Morgan fingerprint density at radius 2 is 1.19 bits per heavy atom. The van der Waals surface area contributed by atoms with Crippen molar-refractivity contribution in [3.05, 3.63) is 0 Å². The van der Waals surface area contributed by atoms with Crippen molar-refractivity contribution in [1.82, 2.24) is 0 Å². The van der Waals surface area contributed by atoms with Crippen LogP contribution in [0.1, 0.15) is 26.7 Å². The van der Waals surface area contributed by atoms with Crippen LogP contribution in [0.4, 0.5) is 0 Å². The molecule has 8 heteroatoms. The van der Waals surface area contributed by atoms with Crippen LogP contribution in [0.15, 0.2) is 0 Å². The number of hydrogen-bond acceptors (Lipinski definition) is 6. The van der Waals surface area contributed by atoms with Gasteiger partial charge in [0.15, 0.2) is 0 Å². The fraction of sp³-hybridized carbons (Fsp3) is 0.750. The molecule has 0 amide bonds. The Kier molecular flexibility index (Phi) is 24.5. The number of aliphatic hydroxyl groups is 2. The van der Waals surface area contributed by atoms with E-state index in [1.807, 2.05) is 0 Å². The van der Waals surface area contributed by atoms with Gasteiger partial charge in [-0.2, -0.15) is 0 Å². The molecular formula is C8H14LiNaO6. The minimum absolute atomic E-state index is 0. The summed E-state index contributed by atoms with van der Waals surface area (Å²) >= 11 is 0. The van der Waals surface area contributed by atoms with E-state index in [0.717, 1.165) is 0 Å². The quantitative estimate of drug-likeness (QED) is 0.467. The Hall–Kier alpha value is 0.457. The molecule has 0 aromatic carbocycles. The van der Waals surface area contributed by atoms with E-state index in [2.05, 4.69) is 0 Å². The Labute approximate surface area is 129 Å². The number of rotatable bonds is 4. The van der Waals surface area contributed by atoms with Gasteiger partial charge in [0.25, 0.3) is 0 Å². The molecule has 0 aliphatic carbocycles. The molecule has 0 heterocycles. The molecule has 0 rings (SSSR count). The van der Waals surface area contributed by atoms with E-state index >= 15 is 0 Å². The Morgan fingerprint density at radius 1 is 1.00 bits per heavy atom. The third kappa shape index (κ3) is 16.9. The van der Waals surface area contributed by atoms with Crippen LogP contribution < -0.4 is 58.6 Å². The molecule has 2 unspecified atom stereocenters. The fourth-order valence-electron chi connectivity index (χ4n) is 0.333. The van der Waals surface area contributed by atoms with E-state index < -0.39 is 24.1 Å². The van der Waals surface area contributed by atoms with Gasteiger partial charge < -0.3 is 30.0 Å². The van der Waals surface area contributed by atoms with Gasteiger partial charge in [-0.15, -0.1) is 0 Å². The zero-order valence-corrected chi connectivity index (χ0v) is 12.1. The van der Waals surface area contributed by atoms with Crippen LogP contribution in [-0.2, 0) is 9.59 Å². The molecule has 0 spiro atoms. The summed E-state index contributed by atoms with van der Waals surface area (Å²) in [5, 5.41) is 35.7. The summed E-state index contributed by atoms with van der Waals surface area (Å²) < 4.78 is 0. The summed E-state index contributed by atoms with van der Waals surface area (Å²) in [6.45, 7) is 3.14. The maximum absolute atomic E-state index is 9.57. The Morgan fingerprint density at radius 3 is 1.19 bits per heavy atom. The van der Waals surface area contributed by atoms with Crippen molar-refractivity contribution in [2.24, 2.45) is 0 Å².